The standard InChI is InChI=1S/C24H23FN6O4/c1-26-23(34)19-17(32)18(33)24(35-19)31-12-28-16-21(27-11-13-7-3-2-4-8-13)29-20(30-22(16)31)14-9-5-6-10-15(14)25/h2-10,12,17-19,24,32-33H,11H2,1H3,(H,26,34)(H,27,29,30)/t17?,18?,19-,24?/m1/s1. The van der Waals surface area contributed by atoms with Crippen LogP contribution >= 0.6 is 0 Å². The smallest absolute Gasteiger partial charge is 0.251 e. The molecule has 1 fully saturated rings. The number of likely N-dealkylation sites (N-methyl/N-ethyl adjacent to an activating group) is 1. The number of nitrogens with one attached hydrogen (secondary N) is 2. The average Bonchev–Trinajstić information content (AvgIpc) is 3.43. The first-order chi connectivity index (χ1) is 17.0. The van der Waals surface area contributed by atoms with Crippen molar-refractivity contribution in [3.63, 3.8) is 0 Å². The highest BCUT2D eigenvalue weighted by molar-refractivity contribution is 5.85. The van der Waals surface area contributed by atoms with Gasteiger partial charge in [0.2, 0.25) is 0 Å². The lowest BCUT2D eigenvalue weighted by Crippen LogP contribution is -2.41. The fourth-order valence-corrected chi connectivity index (χ4v) is 4.02. The third kappa shape index (κ3) is 4.20. The van der Waals surface area contributed by atoms with E-state index >= 15 is 0 Å². The molecule has 11 heteroatoms. The molecule has 1 amide bonds. The number of aliphatic hydroxyl groups excluding tert-OH is 2. The molecule has 3 unspecified atom stereocenters. The number of benzene rings is 2. The molecule has 180 valence electrons. The van der Waals surface area contributed by atoms with E-state index < -0.39 is 36.3 Å². The normalized spacial score (nSPS) is 21.8. The highest BCUT2D eigenvalue weighted by Gasteiger charge is 2.47. The molecule has 2 aromatic heterocycles. The largest absolute Gasteiger partial charge is 0.387 e. The summed E-state index contributed by atoms with van der Waals surface area (Å²) in [7, 11) is 1.41. The number of imidazole rings is 1. The van der Waals surface area contributed by atoms with Crippen molar-refractivity contribution in [1.29, 1.82) is 0 Å². The number of aromatic nitrogens is 4. The number of anilines is 1. The van der Waals surface area contributed by atoms with Crippen molar-refractivity contribution in [2.24, 2.45) is 0 Å². The number of carbonyl (C=O) groups excluding carboxylic acids is 1. The van der Waals surface area contributed by atoms with Crippen LogP contribution in [-0.4, -0.2) is 61.0 Å². The number of halogens is 1. The van der Waals surface area contributed by atoms with Gasteiger partial charge < -0.3 is 25.6 Å². The Morgan fingerprint density at radius 2 is 1.83 bits per heavy atom. The zero-order valence-electron chi connectivity index (χ0n) is 18.7. The first-order valence-corrected chi connectivity index (χ1v) is 11.0. The van der Waals surface area contributed by atoms with E-state index in [1.165, 1.54) is 24.0 Å². The number of carbonyl (C=O) groups is 1. The Labute approximate surface area is 199 Å². The molecule has 1 aliphatic heterocycles. The van der Waals surface area contributed by atoms with Crippen LogP contribution in [0.5, 0.6) is 0 Å². The van der Waals surface area contributed by atoms with E-state index in [-0.39, 0.29) is 17.0 Å². The molecule has 0 bridgehead atoms. The number of fused-ring (bicyclic) bond motifs is 1. The number of rotatable bonds is 6. The molecule has 0 radical (unpaired) electrons. The van der Waals surface area contributed by atoms with Crippen LogP contribution in [0.1, 0.15) is 11.8 Å². The molecule has 10 nitrogen and oxygen atoms in total. The number of aliphatic hydroxyl groups is 2. The Morgan fingerprint density at radius 1 is 1.09 bits per heavy atom. The van der Waals surface area contributed by atoms with Crippen molar-refractivity contribution in [1.82, 2.24) is 24.8 Å². The third-order valence-electron chi connectivity index (χ3n) is 5.86. The van der Waals surface area contributed by atoms with E-state index in [2.05, 4.69) is 25.6 Å². The van der Waals surface area contributed by atoms with E-state index in [1.54, 1.807) is 18.2 Å². The zero-order valence-corrected chi connectivity index (χ0v) is 18.7. The summed E-state index contributed by atoms with van der Waals surface area (Å²) in [4.78, 5) is 25.5. The fourth-order valence-electron chi connectivity index (χ4n) is 4.02. The molecule has 4 atom stereocenters. The van der Waals surface area contributed by atoms with Crippen molar-refractivity contribution in [3.8, 4) is 11.4 Å². The monoisotopic (exact) mass is 478 g/mol. The van der Waals surface area contributed by atoms with Gasteiger partial charge in [0.1, 0.15) is 18.0 Å². The molecular weight excluding hydrogens is 455 g/mol. The summed E-state index contributed by atoms with van der Waals surface area (Å²) in [5, 5.41) is 26.6. The lowest BCUT2D eigenvalue weighted by atomic mass is 10.1. The van der Waals surface area contributed by atoms with E-state index in [4.69, 9.17) is 4.74 Å². The lowest BCUT2D eigenvalue weighted by molar-refractivity contribution is -0.137. The van der Waals surface area contributed by atoms with E-state index in [0.29, 0.717) is 17.9 Å². The topological polar surface area (TPSA) is 134 Å². The van der Waals surface area contributed by atoms with Gasteiger partial charge >= 0.3 is 0 Å². The maximum Gasteiger partial charge on any atom is 0.251 e. The molecule has 0 aliphatic carbocycles. The summed E-state index contributed by atoms with van der Waals surface area (Å²) in [6, 6.07) is 15.8. The Balaban J connectivity index is 1.59. The molecule has 0 saturated carbocycles. The van der Waals surface area contributed by atoms with Crippen molar-refractivity contribution >= 4 is 22.9 Å². The second-order valence-electron chi connectivity index (χ2n) is 8.08. The second-order valence-corrected chi connectivity index (χ2v) is 8.08. The minimum absolute atomic E-state index is 0.101. The fraction of sp³-hybridized carbons (Fsp3) is 0.250. The van der Waals surface area contributed by atoms with Gasteiger partial charge in [0.25, 0.3) is 5.91 Å². The van der Waals surface area contributed by atoms with Gasteiger partial charge in [0.15, 0.2) is 35.1 Å². The maximum atomic E-state index is 14.6. The Morgan fingerprint density at radius 3 is 2.57 bits per heavy atom. The van der Waals surface area contributed by atoms with Crippen molar-refractivity contribution in [2.45, 2.75) is 31.1 Å². The number of nitrogens with zero attached hydrogens (tertiary/aromatic N) is 4. The van der Waals surface area contributed by atoms with Crippen molar-refractivity contribution in [3.05, 3.63) is 72.3 Å². The summed E-state index contributed by atoms with van der Waals surface area (Å²) in [5.41, 5.74) is 1.77. The Kier molecular flexibility index (Phi) is 6.12. The van der Waals surface area contributed by atoms with Crippen LogP contribution in [0, 0.1) is 5.82 Å². The number of hydrogen-bond donors (Lipinski definition) is 4. The predicted octanol–water partition coefficient (Wildman–Crippen LogP) is 1.61. The van der Waals surface area contributed by atoms with Crippen molar-refractivity contribution in [2.75, 3.05) is 12.4 Å². The van der Waals surface area contributed by atoms with E-state index in [1.807, 2.05) is 30.3 Å². The Bertz CT molecular complexity index is 1360. The molecule has 1 saturated heterocycles. The number of amides is 1. The SMILES string of the molecule is CNC(=O)[C@@H]1OC(n2cnc3c(NCc4ccccc4)nc(-c4ccccc4F)nc32)C(O)C1O. The molecule has 5 rings (SSSR count). The van der Waals surface area contributed by atoms with Crippen LogP contribution in [0.2, 0.25) is 0 Å². The van der Waals surface area contributed by atoms with Gasteiger partial charge in [-0.3, -0.25) is 9.36 Å². The molecule has 3 heterocycles. The van der Waals surface area contributed by atoms with Gasteiger partial charge in [-0.25, -0.2) is 19.3 Å². The summed E-state index contributed by atoms with van der Waals surface area (Å²) < 4.78 is 21.7. The van der Waals surface area contributed by atoms with Gasteiger partial charge in [-0.15, -0.1) is 0 Å². The van der Waals surface area contributed by atoms with Gasteiger partial charge in [0.05, 0.1) is 11.9 Å². The average molecular weight is 478 g/mol. The Hall–Kier alpha value is -3.93. The molecule has 4 aromatic rings. The van der Waals surface area contributed by atoms with Gasteiger partial charge in [-0.05, 0) is 17.7 Å². The van der Waals surface area contributed by atoms with Crippen LogP contribution in [0.4, 0.5) is 10.2 Å². The molecule has 1 aliphatic rings. The lowest BCUT2D eigenvalue weighted by Gasteiger charge is -2.17. The van der Waals surface area contributed by atoms with E-state index in [0.717, 1.165) is 5.56 Å². The van der Waals surface area contributed by atoms with E-state index in [9.17, 15) is 19.4 Å². The quantitative estimate of drug-likeness (QED) is 0.328. The molecule has 2 aromatic carbocycles. The summed E-state index contributed by atoms with van der Waals surface area (Å²) in [6.45, 7) is 0.427. The molecule has 0 spiro atoms. The molecular formula is C24H23FN6O4. The number of ether oxygens (including phenoxy) is 1. The van der Waals surface area contributed by atoms with Crippen LogP contribution in [0.25, 0.3) is 22.6 Å². The van der Waals surface area contributed by atoms with Gasteiger partial charge in [-0.2, -0.15) is 0 Å². The maximum absolute atomic E-state index is 14.6. The summed E-state index contributed by atoms with van der Waals surface area (Å²) in [5.74, 6) is -0.620. The summed E-state index contributed by atoms with van der Waals surface area (Å²) in [6.07, 6.45) is -3.93. The zero-order chi connectivity index (χ0) is 24.5. The number of hydrogen-bond acceptors (Lipinski definition) is 8. The summed E-state index contributed by atoms with van der Waals surface area (Å²) >= 11 is 0. The minimum atomic E-state index is -1.46. The van der Waals surface area contributed by atoms with Gasteiger partial charge in [0, 0.05) is 13.6 Å². The predicted molar refractivity (Wildman–Crippen MR) is 124 cm³/mol. The van der Waals surface area contributed by atoms with Crippen LogP contribution in [0.3, 0.4) is 0 Å². The van der Waals surface area contributed by atoms with Crippen LogP contribution in [0.15, 0.2) is 60.9 Å². The first-order valence-electron chi connectivity index (χ1n) is 11.0. The molecule has 35 heavy (non-hydrogen) atoms. The minimum Gasteiger partial charge on any atom is -0.387 e. The highest BCUT2D eigenvalue weighted by atomic mass is 19.1. The van der Waals surface area contributed by atoms with Crippen LogP contribution in [-0.2, 0) is 16.1 Å². The highest BCUT2D eigenvalue weighted by Crippen LogP contribution is 2.34. The third-order valence-corrected chi connectivity index (χ3v) is 5.86. The molecule has 4 N–H and O–H groups in total. The van der Waals surface area contributed by atoms with Gasteiger partial charge in [-0.1, -0.05) is 42.5 Å². The van der Waals surface area contributed by atoms with Crippen molar-refractivity contribution < 1.29 is 24.1 Å². The second kappa shape index (κ2) is 9.37. The first kappa shape index (κ1) is 22.8. The van der Waals surface area contributed by atoms with Crippen LogP contribution < -0.4 is 10.6 Å².